The predicted molar refractivity (Wildman–Crippen MR) is 74.3 cm³/mol. The lowest BCUT2D eigenvalue weighted by Gasteiger charge is -2.33. The molecule has 0 bridgehead atoms. The van der Waals surface area contributed by atoms with Gasteiger partial charge in [0.25, 0.3) is 0 Å². The van der Waals surface area contributed by atoms with Crippen LogP contribution in [0.5, 0.6) is 0 Å². The molecule has 0 N–H and O–H groups in total. The number of aryl methyl sites for hydroxylation is 1. The number of aliphatic imine (C=N–C) groups is 1. The molecule has 2 heterocycles. The fraction of sp³-hybridized carbons (Fsp3) is 0.538. The van der Waals surface area contributed by atoms with Crippen LogP contribution in [0.4, 0.5) is 5.82 Å². The van der Waals surface area contributed by atoms with Crippen molar-refractivity contribution in [3.05, 3.63) is 22.3 Å². The Labute approximate surface area is 116 Å². The number of hydrogen-bond donors (Lipinski definition) is 0. The number of halogens is 1. The SMILES string of the molecule is Cc1nc(N=CC2COC(C)(C)OC2)ccc1Br. The molecular formula is C13H17BrN2O2. The molecule has 1 aliphatic rings. The monoisotopic (exact) mass is 312 g/mol. The summed E-state index contributed by atoms with van der Waals surface area (Å²) in [7, 11) is 0. The third kappa shape index (κ3) is 3.60. The first kappa shape index (κ1) is 13.6. The van der Waals surface area contributed by atoms with Crippen LogP contribution in [0.15, 0.2) is 21.6 Å². The minimum atomic E-state index is -0.475. The van der Waals surface area contributed by atoms with E-state index in [1.807, 2.05) is 39.1 Å². The van der Waals surface area contributed by atoms with Crippen LogP contribution in [0.2, 0.25) is 0 Å². The Balaban J connectivity index is 1.97. The van der Waals surface area contributed by atoms with Crippen LogP contribution in [0.1, 0.15) is 19.5 Å². The van der Waals surface area contributed by atoms with E-state index in [2.05, 4.69) is 25.9 Å². The average Bonchev–Trinajstić information content (AvgIpc) is 2.32. The van der Waals surface area contributed by atoms with Gasteiger partial charge < -0.3 is 9.47 Å². The molecule has 1 fully saturated rings. The maximum Gasteiger partial charge on any atom is 0.162 e. The molecule has 0 spiro atoms. The second-order valence-corrected chi connectivity index (χ2v) is 5.65. The summed E-state index contributed by atoms with van der Waals surface area (Å²) in [5.74, 6) is 0.417. The van der Waals surface area contributed by atoms with Crippen LogP contribution in [0.25, 0.3) is 0 Å². The molecule has 1 aromatic rings. The van der Waals surface area contributed by atoms with Crippen LogP contribution in [0.3, 0.4) is 0 Å². The van der Waals surface area contributed by atoms with Crippen LogP contribution in [-0.4, -0.2) is 30.2 Å². The van der Waals surface area contributed by atoms with Crippen molar-refractivity contribution in [1.29, 1.82) is 0 Å². The maximum atomic E-state index is 5.57. The zero-order valence-electron chi connectivity index (χ0n) is 10.8. The third-order valence-corrected chi connectivity index (χ3v) is 3.55. The van der Waals surface area contributed by atoms with Crippen LogP contribution in [0, 0.1) is 12.8 Å². The Kier molecular flexibility index (Phi) is 4.14. The molecule has 1 aromatic heterocycles. The van der Waals surface area contributed by atoms with E-state index in [0.717, 1.165) is 10.2 Å². The number of ether oxygens (including phenoxy) is 2. The van der Waals surface area contributed by atoms with Crippen molar-refractivity contribution in [3.8, 4) is 0 Å². The first-order valence-electron chi connectivity index (χ1n) is 5.91. The summed E-state index contributed by atoms with van der Waals surface area (Å²) in [6.07, 6.45) is 1.85. The second-order valence-electron chi connectivity index (χ2n) is 4.80. The molecule has 4 nitrogen and oxygen atoms in total. The lowest BCUT2D eigenvalue weighted by atomic mass is 10.1. The molecule has 0 radical (unpaired) electrons. The van der Waals surface area contributed by atoms with Gasteiger partial charge in [0.2, 0.25) is 0 Å². The van der Waals surface area contributed by atoms with Crippen molar-refractivity contribution in [2.45, 2.75) is 26.6 Å². The molecule has 0 aromatic carbocycles. The lowest BCUT2D eigenvalue weighted by molar-refractivity contribution is -0.253. The third-order valence-electron chi connectivity index (χ3n) is 2.71. The first-order chi connectivity index (χ1) is 8.46. The number of pyridine rings is 1. The summed E-state index contributed by atoms with van der Waals surface area (Å²) < 4.78 is 12.1. The molecule has 2 rings (SSSR count). The van der Waals surface area contributed by atoms with Gasteiger partial charge in [0, 0.05) is 16.6 Å². The summed E-state index contributed by atoms with van der Waals surface area (Å²) in [5.41, 5.74) is 0.932. The molecule has 0 atom stereocenters. The van der Waals surface area contributed by atoms with Gasteiger partial charge in [-0.1, -0.05) is 0 Å². The van der Waals surface area contributed by atoms with Crippen molar-refractivity contribution in [3.63, 3.8) is 0 Å². The zero-order chi connectivity index (χ0) is 13.2. The normalized spacial score (nSPS) is 20.4. The molecule has 0 saturated carbocycles. The van der Waals surface area contributed by atoms with Gasteiger partial charge in [-0.25, -0.2) is 9.98 Å². The summed E-state index contributed by atoms with van der Waals surface area (Å²) >= 11 is 3.42. The molecule has 1 saturated heterocycles. The smallest absolute Gasteiger partial charge is 0.162 e. The van der Waals surface area contributed by atoms with Crippen LogP contribution >= 0.6 is 15.9 Å². The van der Waals surface area contributed by atoms with Crippen molar-refractivity contribution in [2.75, 3.05) is 13.2 Å². The fourth-order valence-corrected chi connectivity index (χ4v) is 1.80. The van der Waals surface area contributed by atoms with Gasteiger partial charge >= 0.3 is 0 Å². The van der Waals surface area contributed by atoms with Crippen molar-refractivity contribution in [2.24, 2.45) is 10.9 Å². The van der Waals surface area contributed by atoms with Crippen molar-refractivity contribution >= 4 is 28.0 Å². The molecular weight excluding hydrogens is 296 g/mol. The number of nitrogens with zero attached hydrogens (tertiary/aromatic N) is 2. The molecule has 5 heteroatoms. The molecule has 0 aliphatic carbocycles. The second kappa shape index (κ2) is 5.47. The summed E-state index contributed by atoms with van der Waals surface area (Å²) in [5, 5.41) is 0. The zero-order valence-corrected chi connectivity index (χ0v) is 12.4. The minimum Gasteiger partial charge on any atom is -0.350 e. The summed E-state index contributed by atoms with van der Waals surface area (Å²) in [4.78, 5) is 8.72. The molecule has 1 aliphatic heterocycles. The standard InChI is InChI=1S/C13H17BrN2O2/c1-9-11(14)4-5-12(16-9)15-6-10-7-17-13(2,3)18-8-10/h4-6,10H,7-8H2,1-3H3. The Morgan fingerprint density at radius 1 is 1.39 bits per heavy atom. The van der Waals surface area contributed by atoms with Gasteiger partial charge in [0.15, 0.2) is 11.6 Å². The number of rotatable bonds is 2. The Bertz CT molecular complexity index is 450. The highest BCUT2D eigenvalue weighted by Crippen LogP contribution is 2.21. The van der Waals surface area contributed by atoms with Gasteiger partial charge in [-0.05, 0) is 48.8 Å². The predicted octanol–water partition coefficient (Wildman–Crippen LogP) is 3.25. The summed E-state index contributed by atoms with van der Waals surface area (Å²) in [6, 6.07) is 3.83. The van der Waals surface area contributed by atoms with E-state index in [1.54, 1.807) is 0 Å². The highest BCUT2D eigenvalue weighted by Gasteiger charge is 2.27. The molecule has 98 valence electrons. The molecule has 0 unspecified atom stereocenters. The van der Waals surface area contributed by atoms with E-state index in [-0.39, 0.29) is 5.92 Å². The van der Waals surface area contributed by atoms with Crippen LogP contribution < -0.4 is 0 Å². The Morgan fingerprint density at radius 3 is 2.67 bits per heavy atom. The number of hydrogen-bond acceptors (Lipinski definition) is 4. The highest BCUT2D eigenvalue weighted by atomic mass is 79.9. The van der Waals surface area contributed by atoms with Crippen molar-refractivity contribution < 1.29 is 9.47 Å². The van der Waals surface area contributed by atoms with Gasteiger partial charge in [0.1, 0.15) is 0 Å². The topological polar surface area (TPSA) is 43.7 Å². The minimum absolute atomic E-state index is 0.184. The van der Waals surface area contributed by atoms with Gasteiger partial charge in [-0.3, -0.25) is 0 Å². The van der Waals surface area contributed by atoms with E-state index in [0.29, 0.717) is 19.0 Å². The van der Waals surface area contributed by atoms with Gasteiger partial charge in [-0.15, -0.1) is 0 Å². The van der Waals surface area contributed by atoms with Gasteiger partial charge in [0.05, 0.1) is 18.9 Å². The summed E-state index contributed by atoms with van der Waals surface area (Å²) in [6.45, 7) is 7.04. The quantitative estimate of drug-likeness (QED) is 0.787. The Hall–Kier alpha value is -0.780. The number of aromatic nitrogens is 1. The average molecular weight is 313 g/mol. The van der Waals surface area contributed by atoms with E-state index in [4.69, 9.17) is 9.47 Å². The fourth-order valence-electron chi connectivity index (χ4n) is 1.58. The van der Waals surface area contributed by atoms with E-state index < -0.39 is 5.79 Å². The van der Waals surface area contributed by atoms with Crippen LogP contribution in [-0.2, 0) is 9.47 Å². The lowest BCUT2D eigenvalue weighted by Crippen LogP contribution is -2.39. The first-order valence-corrected chi connectivity index (χ1v) is 6.71. The largest absolute Gasteiger partial charge is 0.350 e. The Morgan fingerprint density at radius 2 is 2.06 bits per heavy atom. The van der Waals surface area contributed by atoms with Gasteiger partial charge in [-0.2, -0.15) is 0 Å². The maximum absolute atomic E-state index is 5.57. The van der Waals surface area contributed by atoms with E-state index in [1.165, 1.54) is 0 Å². The molecule has 0 amide bonds. The highest BCUT2D eigenvalue weighted by molar-refractivity contribution is 9.10. The van der Waals surface area contributed by atoms with E-state index in [9.17, 15) is 0 Å². The van der Waals surface area contributed by atoms with Crippen molar-refractivity contribution in [1.82, 2.24) is 4.98 Å². The molecule has 18 heavy (non-hydrogen) atoms. The van der Waals surface area contributed by atoms with E-state index >= 15 is 0 Å².